The van der Waals surface area contributed by atoms with Crippen molar-refractivity contribution < 1.29 is 9.53 Å². The van der Waals surface area contributed by atoms with Crippen molar-refractivity contribution in [3.63, 3.8) is 0 Å². The molecule has 3 heterocycles. The lowest BCUT2D eigenvalue weighted by Crippen LogP contribution is -2.46. The zero-order chi connectivity index (χ0) is 19.3. The fraction of sp³-hybridized carbons (Fsp3) is 0.476. The molecular formula is C21H26N4O3. The fourth-order valence-electron chi connectivity index (χ4n) is 4.06. The Balaban J connectivity index is 1.44. The standard InChI is InChI=1S/C21H26N4O3/c26-20(18-5-1-4-17(11-18)19-12-22-21(27)23-13-19)25-6-2-3-16(15-25)14-24-7-9-28-10-8-24/h1,4-5,11-13,16H,2-3,6-10,14-15H2,(H,22,23,27). The van der Waals surface area contributed by atoms with Crippen LogP contribution < -0.4 is 5.69 Å². The van der Waals surface area contributed by atoms with Gasteiger partial charge in [0.15, 0.2) is 0 Å². The third-order valence-corrected chi connectivity index (χ3v) is 5.54. The van der Waals surface area contributed by atoms with Gasteiger partial charge in [-0.3, -0.25) is 9.69 Å². The number of hydrogen-bond donors (Lipinski definition) is 1. The molecule has 0 aliphatic carbocycles. The second-order valence-corrected chi connectivity index (χ2v) is 7.56. The molecule has 1 amide bonds. The predicted molar refractivity (Wildman–Crippen MR) is 106 cm³/mol. The lowest BCUT2D eigenvalue weighted by Gasteiger charge is -2.36. The van der Waals surface area contributed by atoms with E-state index in [1.165, 1.54) is 12.6 Å². The first-order chi connectivity index (χ1) is 13.7. The molecule has 0 saturated carbocycles. The molecule has 2 aliphatic heterocycles. The average Bonchev–Trinajstić information content (AvgIpc) is 2.75. The summed E-state index contributed by atoms with van der Waals surface area (Å²) < 4.78 is 5.43. The monoisotopic (exact) mass is 382 g/mol. The maximum atomic E-state index is 13.1. The highest BCUT2D eigenvalue weighted by Gasteiger charge is 2.26. The van der Waals surface area contributed by atoms with E-state index in [1.807, 2.05) is 29.2 Å². The Bertz CT molecular complexity index is 855. The summed E-state index contributed by atoms with van der Waals surface area (Å²) in [5, 5.41) is 0. The number of aromatic nitrogens is 2. The number of H-pyrrole nitrogens is 1. The molecule has 2 aliphatic rings. The molecule has 2 saturated heterocycles. The van der Waals surface area contributed by atoms with Gasteiger partial charge in [-0.25, -0.2) is 9.78 Å². The van der Waals surface area contributed by atoms with Gasteiger partial charge in [0.25, 0.3) is 5.91 Å². The number of benzene rings is 1. The number of nitrogens with one attached hydrogen (secondary N) is 1. The van der Waals surface area contributed by atoms with Crippen molar-refractivity contribution in [3.8, 4) is 11.1 Å². The second-order valence-electron chi connectivity index (χ2n) is 7.56. The molecule has 7 heteroatoms. The molecule has 28 heavy (non-hydrogen) atoms. The third kappa shape index (κ3) is 4.48. The predicted octanol–water partition coefficient (Wildman–Crippen LogP) is 1.62. The SMILES string of the molecule is O=C(c1cccc(-c2cnc(=O)[nH]c2)c1)N1CCCC(CN2CCOCC2)C1. The number of nitrogens with zero attached hydrogens (tertiary/aromatic N) is 3. The first-order valence-corrected chi connectivity index (χ1v) is 9.93. The van der Waals surface area contributed by atoms with Crippen LogP contribution in [0.2, 0.25) is 0 Å². The third-order valence-electron chi connectivity index (χ3n) is 5.54. The Kier molecular flexibility index (Phi) is 5.83. The Hall–Kier alpha value is -2.51. The van der Waals surface area contributed by atoms with Crippen LogP contribution in [0, 0.1) is 5.92 Å². The van der Waals surface area contributed by atoms with E-state index in [4.69, 9.17) is 4.74 Å². The van der Waals surface area contributed by atoms with Crippen molar-refractivity contribution in [3.05, 3.63) is 52.7 Å². The summed E-state index contributed by atoms with van der Waals surface area (Å²) >= 11 is 0. The number of carbonyl (C=O) groups is 1. The number of rotatable bonds is 4. The molecule has 2 fully saturated rings. The van der Waals surface area contributed by atoms with Crippen LogP contribution in [0.15, 0.2) is 41.5 Å². The van der Waals surface area contributed by atoms with Crippen LogP contribution in [0.3, 0.4) is 0 Å². The highest BCUT2D eigenvalue weighted by Crippen LogP contribution is 2.23. The van der Waals surface area contributed by atoms with Crippen LogP contribution in [0.4, 0.5) is 0 Å². The lowest BCUT2D eigenvalue weighted by molar-refractivity contribution is 0.0224. The first kappa shape index (κ1) is 18.8. The van der Waals surface area contributed by atoms with E-state index >= 15 is 0 Å². The molecule has 1 unspecified atom stereocenters. The minimum absolute atomic E-state index is 0.0749. The van der Waals surface area contributed by atoms with Crippen molar-refractivity contribution in [1.29, 1.82) is 0 Å². The molecule has 0 radical (unpaired) electrons. The number of morpholine rings is 1. The molecule has 1 aromatic heterocycles. The Morgan fingerprint density at radius 2 is 2.07 bits per heavy atom. The Morgan fingerprint density at radius 1 is 1.21 bits per heavy atom. The highest BCUT2D eigenvalue weighted by molar-refractivity contribution is 5.95. The summed E-state index contributed by atoms with van der Waals surface area (Å²) in [6.07, 6.45) is 5.37. The lowest BCUT2D eigenvalue weighted by atomic mass is 9.96. The van der Waals surface area contributed by atoms with Gasteiger partial charge in [0.05, 0.1) is 13.2 Å². The fourth-order valence-corrected chi connectivity index (χ4v) is 4.06. The van der Waals surface area contributed by atoms with Crippen LogP contribution >= 0.6 is 0 Å². The number of amides is 1. The number of likely N-dealkylation sites (tertiary alicyclic amines) is 1. The van der Waals surface area contributed by atoms with Gasteiger partial charge in [-0.2, -0.15) is 0 Å². The van der Waals surface area contributed by atoms with Gasteiger partial charge in [-0.1, -0.05) is 12.1 Å². The zero-order valence-corrected chi connectivity index (χ0v) is 16.0. The van der Waals surface area contributed by atoms with E-state index in [1.54, 1.807) is 6.20 Å². The van der Waals surface area contributed by atoms with E-state index in [0.29, 0.717) is 11.5 Å². The van der Waals surface area contributed by atoms with Crippen molar-refractivity contribution in [1.82, 2.24) is 19.8 Å². The average molecular weight is 382 g/mol. The topological polar surface area (TPSA) is 78.5 Å². The van der Waals surface area contributed by atoms with Gasteiger partial charge in [-0.05, 0) is 36.5 Å². The normalized spacial score (nSPS) is 20.9. The van der Waals surface area contributed by atoms with Crippen LogP contribution in [-0.4, -0.2) is 71.6 Å². The smallest absolute Gasteiger partial charge is 0.344 e. The van der Waals surface area contributed by atoms with E-state index < -0.39 is 0 Å². The number of carbonyl (C=O) groups excluding carboxylic acids is 1. The summed E-state index contributed by atoms with van der Waals surface area (Å²) in [4.78, 5) is 35.0. The first-order valence-electron chi connectivity index (χ1n) is 9.93. The minimum atomic E-state index is -0.379. The van der Waals surface area contributed by atoms with Crippen molar-refractivity contribution >= 4 is 5.91 Å². The summed E-state index contributed by atoms with van der Waals surface area (Å²) in [7, 11) is 0. The zero-order valence-electron chi connectivity index (χ0n) is 16.0. The molecule has 0 bridgehead atoms. The molecule has 148 valence electrons. The van der Waals surface area contributed by atoms with E-state index in [-0.39, 0.29) is 11.6 Å². The number of piperidine rings is 1. The summed E-state index contributed by atoms with van der Waals surface area (Å²) in [5.41, 5.74) is 1.96. The van der Waals surface area contributed by atoms with Crippen molar-refractivity contribution in [2.45, 2.75) is 12.8 Å². The summed E-state index contributed by atoms with van der Waals surface area (Å²) in [6, 6.07) is 7.53. The van der Waals surface area contributed by atoms with Gasteiger partial charge in [0.2, 0.25) is 0 Å². The van der Waals surface area contributed by atoms with Gasteiger partial charge >= 0.3 is 5.69 Å². The second kappa shape index (κ2) is 8.67. The molecule has 1 N–H and O–H groups in total. The molecule has 0 spiro atoms. The Morgan fingerprint density at radius 3 is 2.86 bits per heavy atom. The number of hydrogen-bond acceptors (Lipinski definition) is 5. The molecule has 4 rings (SSSR count). The van der Waals surface area contributed by atoms with Crippen LogP contribution in [0.25, 0.3) is 11.1 Å². The van der Waals surface area contributed by atoms with Crippen molar-refractivity contribution in [2.75, 3.05) is 45.9 Å². The van der Waals surface area contributed by atoms with E-state index in [0.717, 1.165) is 63.5 Å². The van der Waals surface area contributed by atoms with Gasteiger partial charge in [-0.15, -0.1) is 0 Å². The van der Waals surface area contributed by atoms with Gasteiger partial charge in [0, 0.05) is 56.2 Å². The highest BCUT2D eigenvalue weighted by atomic mass is 16.5. The van der Waals surface area contributed by atoms with E-state index in [2.05, 4.69) is 14.9 Å². The summed E-state index contributed by atoms with van der Waals surface area (Å²) in [5.74, 6) is 0.591. The summed E-state index contributed by atoms with van der Waals surface area (Å²) in [6.45, 7) is 6.24. The molecule has 1 aromatic carbocycles. The van der Waals surface area contributed by atoms with Crippen LogP contribution in [-0.2, 0) is 4.74 Å². The van der Waals surface area contributed by atoms with Gasteiger partial charge < -0.3 is 14.6 Å². The van der Waals surface area contributed by atoms with Gasteiger partial charge in [0.1, 0.15) is 0 Å². The molecule has 7 nitrogen and oxygen atoms in total. The maximum absolute atomic E-state index is 13.1. The largest absolute Gasteiger partial charge is 0.379 e. The maximum Gasteiger partial charge on any atom is 0.344 e. The van der Waals surface area contributed by atoms with Crippen molar-refractivity contribution in [2.24, 2.45) is 5.92 Å². The van der Waals surface area contributed by atoms with Crippen LogP contribution in [0.1, 0.15) is 23.2 Å². The molecular weight excluding hydrogens is 356 g/mol. The molecule has 1 atom stereocenters. The van der Waals surface area contributed by atoms with E-state index in [9.17, 15) is 9.59 Å². The Labute approximate surface area is 164 Å². The molecule has 2 aromatic rings. The van der Waals surface area contributed by atoms with Crippen LogP contribution in [0.5, 0.6) is 0 Å². The minimum Gasteiger partial charge on any atom is -0.379 e. The number of ether oxygens (including phenoxy) is 1. The quantitative estimate of drug-likeness (QED) is 0.869. The number of aromatic amines is 1.